The van der Waals surface area contributed by atoms with Gasteiger partial charge in [-0.2, -0.15) is 0 Å². The van der Waals surface area contributed by atoms with Gasteiger partial charge < -0.3 is 19.7 Å². The number of hydrogen-bond acceptors (Lipinski definition) is 7. The third-order valence-electron chi connectivity index (χ3n) is 4.22. The number of hydrogen-bond donors (Lipinski definition) is 1. The number of nitrogens with zero attached hydrogens (tertiary/aromatic N) is 4. The molecule has 2 heterocycles. The largest absolute Gasteiger partial charge is 0.493 e. The van der Waals surface area contributed by atoms with Gasteiger partial charge in [-0.15, -0.1) is 0 Å². The Morgan fingerprint density at radius 3 is 2.59 bits per heavy atom. The second-order valence-electron chi connectivity index (χ2n) is 6.40. The van der Waals surface area contributed by atoms with Crippen LogP contribution in [0.15, 0.2) is 48.8 Å². The highest BCUT2D eigenvalue weighted by molar-refractivity contribution is 5.97. The van der Waals surface area contributed by atoms with Gasteiger partial charge in [-0.3, -0.25) is 9.78 Å². The molecule has 0 radical (unpaired) electrons. The fourth-order valence-corrected chi connectivity index (χ4v) is 2.76. The molecular weight excluding hydrogens is 370 g/mol. The number of pyridine rings is 1. The van der Waals surface area contributed by atoms with E-state index in [9.17, 15) is 4.79 Å². The molecule has 0 saturated heterocycles. The maximum absolute atomic E-state index is 12.7. The van der Waals surface area contributed by atoms with E-state index in [4.69, 9.17) is 9.47 Å². The fraction of sp³-hybridized carbons (Fsp3) is 0.238. The summed E-state index contributed by atoms with van der Waals surface area (Å²) >= 11 is 0. The zero-order valence-corrected chi connectivity index (χ0v) is 16.8. The Bertz CT molecular complexity index is 993. The van der Waals surface area contributed by atoms with E-state index < -0.39 is 0 Å². The molecule has 1 aromatic carbocycles. The normalized spacial score (nSPS) is 10.3. The molecule has 1 amide bonds. The van der Waals surface area contributed by atoms with Crippen LogP contribution in [0, 0.1) is 0 Å². The van der Waals surface area contributed by atoms with Crippen LogP contribution in [-0.4, -0.2) is 49.2 Å². The van der Waals surface area contributed by atoms with Gasteiger partial charge in [0.2, 0.25) is 0 Å². The van der Waals surface area contributed by atoms with Gasteiger partial charge in [0.1, 0.15) is 5.82 Å². The number of para-hydroxylation sites is 1. The molecule has 0 spiro atoms. The van der Waals surface area contributed by atoms with Crippen molar-refractivity contribution in [3.8, 4) is 22.9 Å². The van der Waals surface area contributed by atoms with Gasteiger partial charge in [-0.05, 0) is 24.3 Å². The van der Waals surface area contributed by atoms with E-state index in [1.165, 1.54) is 14.2 Å². The van der Waals surface area contributed by atoms with Crippen LogP contribution in [-0.2, 0) is 6.54 Å². The van der Waals surface area contributed by atoms with E-state index in [0.717, 1.165) is 11.4 Å². The summed E-state index contributed by atoms with van der Waals surface area (Å²) in [6, 6.07) is 10.7. The molecule has 3 rings (SSSR count). The van der Waals surface area contributed by atoms with Crippen molar-refractivity contribution in [3.05, 3.63) is 60.0 Å². The van der Waals surface area contributed by atoms with E-state index in [1.54, 1.807) is 30.6 Å². The Morgan fingerprint density at radius 1 is 1.10 bits per heavy atom. The molecule has 8 nitrogen and oxygen atoms in total. The van der Waals surface area contributed by atoms with Gasteiger partial charge in [0, 0.05) is 38.1 Å². The van der Waals surface area contributed by atoms with Crippen LogP contribution in [0.5, 0.6) is 11.5 Å². The number of aromatic nitrogens is 3. The minimum absolute atomic E-state index is 0.232. The molecule has 0 atom stereocenters. The maximum atomic E-state index is 12.7. The lowest BCUT2D eigenvalue weighted by molar-refractivity contribution is 0.0946. The highest BCUT2D eigenvalue weighted by Gasteiger charge is 2.17. The van der Waals surface area contributed by atoms with Crippen LogP contribution in [0.1, 0.15) is 16.1 Å². The Morgan fingerprint density at radius 2 is 1.93 bits per heavy atom. The van der Waals surface area contributed by atoms with Crippen LogP contribution < -0.4 is 19.7 Å². The van der Waals surface area contributed by atoms with Crippen LogP contribution in [0.3, 0.4) is 0 Å². The molecule has 1 N–H and O–H groups in total. The minimum Gasteiger partial charge on any atom is -0.493 e. The standard InChI is InChI=1S/C21H23N5O3/c1-26(2)18-11-15(24-20(25-18)14-7-6-10-22-12-14)13-23-21(27)16-8-5-9-17(28-3)19(16)29-4/h5-12H,13H2,1-4H3,(H,23,27). The third kappa shape index (κ3) is 4.60. The topological polar surface area (TPSA) is 89.5 Å². The third-order valence-corrected chi connectivity index (χ3v) is 4.22. The first-order valence-corrected chi connectivity index (χ1v) is 8.98. The number of benzene rings is 1. The van der Waals surface area contributed by atoms with Crippen molar-refractivity contribution in [2.45, 2.75) is 6.54 Å². The lowest BCUT2D eigenvalue weighted by atomic mass is 10.1. The Kier molecular flexibility index (Phi) is 6.23. The van der Waals surface area contributed by atoms with Crippen molar-refractivity contribution in [2.24, 2.45) is 0 Å². The molecule has 0 saturated carbocycles. The number of carbonyl (C=O) groups is 1. The molecule has 0 bridgehead atoms. The maximum Gasteiger partial charge on any atom is 0.255 e. The Hall–Kier alpha value is -3.68. The van der Waals surface area contributed by atoms with E-state index in [2.05, 4.69) is 20.3 Å². The zero-order valence-electron chi connectivity index (χ0n) is 16.8. The lowest BCUT2D eigenvalue weighted by Gasteiger charge is -2.15. The quantitative estimate of drug-likeness (QED) is 0.660. The number of anilines is 1. The molecular formula is C21H23N5O3. The molecule has 0 aliphatic carbocycles. The van der Waals surface area contributed by atoms with E-state index >= 15 is 0 Å². The van der Waals surface area contributed by atoms with Crippen LogP contribution in [0.25, 0.3) is 11.4 Å². The number of amides is 1. The molecule has 3 aromatic rings. The SMILES string of the molecule is COc1cccc(C(=O)NCc2cc(N(C)C)nc(-c3cccnc3)n2)c1OC. The monoisotopic (exact) mass is 393 g/mol. The Labute approximate surface area is 169 Å². The molecule has 8 heteroatoms. The second-order valence-corrected chi connectivity index (χ2v) is 6.40. The summed E-state index contributed by atoms with van der Waals surface area (Å²) in [7, 11) is 6.84. The zero-order chi connectivity index (χ0) is 20.8. The number of carbonyl (C=O) groups excluding carboxylic acids is 1. The average molecular weight is 393 g/mol. The summed E-state index contributed by atoms with van der Waals surface area (Å²) in [6.45, 7) is 0.232. The molecule has 150 valence electrons. The molecule has 0 unspecified atom stereocenters. The fourth-order valence-electron chi connectivity index (χ4n) is 2.76. The molecule has 0 fully saturated rings. The highest BCUT2D eigenvalue weighted by atomic mass is 16.5. The first-order chi connectivity index (χ1) is 14.0. The number of methoxy groups -OCH3 is 2. The van der Waals surface area contributed by atoms with Gasteiger partial charge in [0.05, 0.1) is 32.0 Å². The molecule has 2 aromatic heterocycles. The van der Waals surface area contributed by atoms with Crippen molar-refractivity contribution in [2.75, 3.05) is 33.2 Å². The summed E-state index contributed by atoms with van der Waals surface area (Å²) in [5, 5.41) is 2.89. The minimum atomic E-state index is -0.284. The van der Waals surface area contributed by atoms with Crippen LogP contribution in [0.4, 0.5) is 5.82 Å². The summed E-state index contributed by atoms with van der Waals surface area (Å²) in [4.78, 5) is 27.9. The van der Waals surface area contributed by atoms with E-state index in [1.807, 2.05) is 37.2 Å². The molecule has 29 heavy (non-hydrogen) atoms. The number of rotatable bonds is 7. The van der Waals surface area contributed by atoms with Gasteiger partial charge in [0.25, 0.3) is 5.91 Å². The second kappa shape index (κ2) is 9.01. The average Bonchev–Trinajstić information content (AvgIpc) is 2.77. The summed E-state index contributed by atoms with van der Waals surface area (Å²) in [5.74, 6) is 1.89. The van der Waals surface area contributed by atoms with Crippen molar-refractivity contribution in [1.29, 1.82) is 0 Å². The highest BCUT2D eigenvalue weighted by Crippen LogP contribution is 2.30. The van der Waals surface area contributed by atoms with Crippen molar-refractivity contribution in [3.63, 3.8) is 0 Å². The van der Waals surface area contributed by atoms with Crippen molar-refractivity contribution >= 4 is 11.7 Å². The van der Waals surface area contributed by atoms with Gasteiger partial charge in [0.15, 0.2) is 17.3 Å². The summed E-state index contributed by atoms with van der Waals surface area (Å²) < 4.78 is 10.6. The predicted molar refractivity (Wildman–Crippen MR) is 110 cm³/mol. The number of ether oxygens (including phenoxy) is 2. The van der Waals surface area contributed by atoms with Gasteiger partial charge in [-0.1, -0.05) is 6.07 Å². The van der Waals surface area contributed by atoms with E-state index in [-0.39, 0.29) is 12.5 Å². The van der Waals surface area contributed by atoms with Crippen LogP contribution >= 0.6 is 0 Å². The number of nitrogens with one attached hydrogen (secondary N) is 1. The first kappa shape index (κ1) is 20.1. The lowest BCUT2D eigenvalue weighted by Crippen LogP contribution is -2.24. The van der Waals surface area contributed by atoms with E-state index in [0.29, 0.717) is 28.6 Å². The van der Waals surface area contributed by atoms with Crippen molar-refractivity contribution < 1.29 is 14.3 Å². The summed E-state index contributed by atoms with van der Waals surface area (Å²) in [6.07, 6.45) is 3.40. The molecule has 0 aliphatic heterocycles. The Balaban J connectivity index is 1.85. The summed E-state index contributed by atoms with van der Waals surface area (Å²) in [5.41, 5.74) is 1.87. The molecule has 0 aliphatic rings. The van der Waals surface area contributed by atoms with Crippen LogP contribution in [0.2, 0.25) is 0 Å². The van der Waals surface area contributed by atoms with Gasteiger partial charge in [-0.25, -0.2) is 9.97 Å². The van der Waals surface area contributed by atoms with Gasteiger partial charge >= 0.3 is 0 Å². The predicted octanol–water partition coefficient (Wildman–Crippen LogP) is 2.55. The first-order valence-electron chi connectivity index (χ1n) is 8.98. The van der Waals surface area contributed by atoms with Crippen molar-refractivity contribution in [1.82, 2.24) is 20.3 Å². The smallest absolute Gasteiger partial charge is 0.255 e.